The lowest BCUT2D eigenvalue weighted by Crippen LogP contribution is -2.15. The van der Waals surface area contributed by atoms with Crippen molar-refractivity contribution in [2.45, 2.75) is 52.7 Å². The fraction of sp³-hybridized carbons (Fsp3) is 0.571. The maximum atomic E-state index is 5.95. The number of benzene rings is 1. The predicted octanol–water partition coefficient (Wildman–Crippen LogP) is 3.58. The molecule has 2 atom stereocenters. The number of hydrogen-bond acceptors (Lipinski definition) is 2. The van der Waals surface area contributed by atoms with Gasteiger partial charge in [-0.05, 0) is 33.3 Å². The third-order valence-electron chi connectivity index (χ3n) is 2.68. The Morgan fingerprint density at radius 1 is 1.31 bits per heavy atom. The Balaban J connectivity index is 2.86. The van der Waals surface area contributed by atoms with Gasteiger partial charge in [0.25, 0.3) is 0 Å². The second kappa shape index (κ2) is 5.90. The lowest BCUT2D eigenvalue weighted by molar-refractivity contribution is 0.207. The molecule has 1 aromatic rings. The van der Waals surface area contributed by atoms with Crippen LogP contribution in [0.3, 0.4) is 0 Å². The Labute approximate surface area is 98.8 Å². The van der Waals surface area contributed by atoms with Gasteiger partial charge in [0, 0.05) is 11.6 Å². The quantitative estimate of drug-likeness (QED) is 0.824. The van der Waals surface area contributed by atoms with Crippen molar-refractivity contribution in [2.75, 3.05) is 0 Å². The molecule has 90 valence electrons. The summed E-state index contributed by atoms with van der Waals surface area (Å²) < 4.78 is 5.92. The molecule has 2 N–H and O–H groups in total. The van der Waals surface area contributed by atoms with Gasteiger partial charge in [0.1, 0.15) is 5.75 Å². The number of hydrogen-bond donors (Lipinski definition) is 1. The molecule has 1 unspecified atom stereocenters. The number of ether oxygens (including phenoxy) is 1. The van der Waals surface area contributed by atoms with Crippen LogP contribution in [0.5, 0.6) is 5.75 Å². The van der Waals surface area contributed by atoms with Gasteiger partial charge in [-0.2, -0.15) is 0 Å². The SMILES string of the molecule is CCCC(C)Oc1ccc(C)cc1[C@H](C)N. The third-order valence-corrected chi connectivity index (χ3v) is 2.68. The highest BCUT2D eigenvalue weighted by Gasteiger charge is 2.11. The lowest BCUT2D eigenvalue weighted by Gasteiger charge is -2.19. The summed E-state index contributed by atoms with van der Waals surface area (Å²) in [5.74, 6) is 0.932. The van der Waals surface area contributed by atoms with E-state index >= 15 is 0 Å². The summed E-state index contributed by atoms with van der Waals surface area (Å²) in [6.07, 6.45) is 2.47. The van der Waals surface area contributed by atoms with Gasteiger partial charge in [-0.15, -0.1) is 0 Å². The third kappa shape index (κ3) is 3.53. The van der Waals surface area contributed by atoms with E-state index < -0.39 is 0 Å². The van der Waals surface area contributed by atoms with Crippen molar-refractivity contribution in [3.8, 4) is 5.75 Å². The predicted molar refractivity (Wildman–Crippen MR) is 68.8 cm³/mol. The first-order valence-corrected chi connectivity index (χ1v) is 6.07. The van der Waals surface area contributed by atoms with E-state index in [9.17, 15) is 0 Å². The van der Waals surface area contributed by atoms with Crippen molar-refractivity contribution in [1.29, 1.82) is 0 Å². The van der Waals surface area contributed by atoms with Crippen LogP contribution in [0, 0.1) is 6.92 Å². The summed E-state index contributed by atoms with van der Waals surface area (Å²) in [5.41, 5.74) is 8.28. The molecule has 1 aromatic carbocycles. The summed E-state index contributed by atoms with van der Waals surface area (Å²) in [7, 11) is 0. The molecule has 0 aliphatic heterocycles. The van der Waals surface area contributed by atoms with Crippen molar-refractivity contribution in [3.05, 3.63) is 29.3 Å². The van der Waals surface area contributed by atoms with Crippen LogP contribution in [-0.4, -0.2) is 6.10 Å². The average Bonchev–Trinajstić information content (AvgIpc) is 2.20. The molecule has 0 aliphatic rings. The van der Waals surface area contributed by atoms with Crippen molar-refractivity contribution in [1.82, 2.24) is 0 Å². The van der Waals surface area contributed by atoms with Gasteiger partial charge in [-0.3, -0.25) is 0 Å². The van der Waals surface area contributed by atoms with Gasteiger partial charge >= 0.3 is 0 Å². The van der Waals surface area contributed by atoms with Crippen molar-refractivity contribution >= 4 is 0 Å². The molecule has 1 rings (SSSR count). The Bertz CT molecular complexity index is 334. The minimum Gasteiger partial charge on any atom is -0.490 e. The maximum Gasteiger partial charge on any atom is 0.124 e. The smallest absolute Gasteiger partial charge is 0.124 e. The molecule has 2 nitrogen and oxygen atoms in total. The fourth-order valence-corrected chi connectivity index (χ4v) is 1.81. The Morgan fingerprint density at radius 3 is 2.56 bits per heavy atom. The molecule has 0 spiro atoms. The maximum absolute atomic E-state index is 5.95. The van der Waals surface area contributed by atoms with Gasteiger partial charge < -0.3 is 10.5 Å². The van der Waals surface area contributed by atoms with Gasteiger partial charge in [0.15, 0.2) is 0 Å². The molecule has 0 bridgehead atoms. The molecular formula is C14H23NO. The molecular weight excluding hydrogens is 198 g/mol. The minimum atomic E-state index is 0.0173. The van der Waals surface area contributed by atoms with Gasteiger partial charge in [-0.25, -0.2) is 0 Å². The van der Waals surface area contributed by atoms with E-state index in [-0.39, 0.29) is 12.1 Å². The normalized spacial score (nSPS) is 14.6. The standard InChI is InChI=1S/C14H23NO/c1-5-6-11(3)16-14-8-7-10(2)9-13(14)12(4)15/h7-9,11-12H,5-6,15H2,1-4H3/t11?,12-/m0/s1. The highest BCUT2D eigenvalue weighted by molar-refractivity contribution is 5.38. The second-order valence-electron chi connectivity index (χ2n) is 4.55. The molecule has 0 radical (unpaired) electrons. The largest absolute Gasteiger partial charge is 0.490 e. The van der Waals surface area contributed by atoms with Gasteiger partial charge in [0.05, 0.1) is 6.10 Å². The van der Waals surface area contributed by atoms with Crippen molar-refractivity contribution in [2.24, 2.45) is 5.73 Å². The van der Waals surface area contributed by atoms with Crippen LogP contribution in [0.2, 0.25) is 0 Å². The molecule has 0 aliphatic carbocycles. The Hall–Kier alpha value is -1.02. The summed E-state index contributed by atoms with van der Waals surface area (Å²) in [5, 5.41) is 0. The molecule has 0 amide bonds. The van der Waals surface area contributed by atoms with E-state index in [1.807, 2.05) is 13.0 Å². The van der Waals surface area contributed by atoms with Crippen LogP contribution in [-0.2, 0) is 0 Å². The van der Waals surface area contributed by atoms with Crippen molar-refractivity contribution in [3.63, 3.8) is 0 Å². The highest BCUT2D eigenvalue weighted by atomic mass is 16.5. The van der Waals surface area contributed by atoms with Crippen LogP contribution >= 0.6 is 0 Å². The first-order chi connectivity index (χ1) is 7.54. The van der Waals surface area contributed by atoms with Crippen LogP contribution in [0.15, 0.2) is 18.2 Å². The topological polar surface area (TPSA) is 35.2 Å². The second-order valence-corrected chi connectivity index (χ2v) is 4.55. The summed E-state index contributed by atoms with van der Waals surface area (Å²) >= 11 is 0. The Kier molecular flexibility index (Phi) is 4.81. The molecule has 0 saturated heterocycles. The number of aryl methyl sites for hydroxylation is 1. The van der Waals surface area contributed by atoms with Crippen LogP contribution in [0.4, 0.5) is 0 Å². The van der Waals surface area contributed by atoms with Crippen molar-refractivity contribution < 1.29 is 4.74 Å². The van der Waals surface area contributed by atoms with Crippen LogP contribution in [0.1, 0.15) is 50.8 Å². The van der Waals surface area contributed by atoms with Gasteiger partial charge in [-0.1, -0.05) is 31.0 Å². The zero-order valence-corrected chi connectivity index (χ0v) is 10.8. The fourth-order valence-electron chi connectivity index (χ4n) is 1.81. The summed E-state index contributed by atoms with van der Waals surface area (Å²) in [4.78, 5) is 0. The molecule has 0 saturated carbocycles. The van der Waals surface area contributed by atoms with Gasteiger partial charge in [0.2, 0.25) is 0 Å². The molecule has 2 heteroatoms. The highest BCUT2D eigenvalue weighted by Crippen LogP contribution is 2.26. The summed E-state index contributed by atoms with van der Waals surface area (Å²) in [6, 6.07) is 6.22. The monoisotopic (exact) mass is 221 g/mol. The first-order valence-electron chi connectivity index (χ1n) is 6.07. The van der Waals surface area contributed by atoms with E-state index in [2.05, 4.69) is 32.9 Å². The van der Waals surface area contributed by atoms with E-state index in [4.69, 9.17) is 10.5 Å². The Morgan fingerprint density at radius 2 is 2.00 bits per heavy atom. The van der Waals surface area contributed by atoms with E-state index in [1.54, 1.807) is 0 Å². The molecule has 0 aromatic heterocycles. The molecule has 16 heavy (non-hydrogen) atoms. The van der Waals surface area contributed by atoms with E-state index in [0.29, 0.717) is 0 Å². The minimum absolute atomic E-state index is 0.0173. The zero-order chi connectivity index (χ0) is 12.1. The lowest BCUT2D eigenvalue weighted by atomic mass is 10.0. The molecule has 0 fully saturated rings. The van der Waals surface area contributed by atoms with Crippen LogP contribution < -0.4 is 10.5 Å². The number of rotatable bonds is 5. The average molecular weight is 221 g/mol. The van der Waals surface area contributed by atoms with E-state index in [0.717, 1.165) is 24.2 Å². The first kappa shape index (κ1) is 13.0. The number of nitrogens with two attached hydrogens (primary N) is 1. The molecule has 0 heterocycles. The van der Waals surface area contributed by atoms with Crippen LogP contribution in [0.25, 0.3) is 0 Å². The summed E-state index contributed by atoms with van der Waals surface area (Å²) in [6.45, 7) is 8.34. The zero-order valence-electron chi connectivity index (χ0n) is 10.8. The van der Waals surface area contributed by atoms with E-state index in [1.165, 1.54) is 5.56 Å².